The summed E-state index contributed by atoms with van der Waals surface area (Å²) < 4.78 is 60.4. The van der Waals surface area contributed by atoms with E-state index in [4.69, 9.17) is 10.5 Å². The summed E-state index contributed by atoms with van der Waals surface area (Å²) in [6.07, 6.45) is -6.13. The molecule has 54 heavy (non-hydrogen) atoms. The van der Waals surface area contributed by atoms with Crippen LogP contribution in [0.15, 0.2) is 24.3 Å². The van der Waals surface area contributed by atoms with Gasteiger partial charge in [0.25, 0.3) is 15.6 Å². The molecule has 0 bridgehead atoms. The summed E-state index contributed by atoms with van der Waals surface area (Å²) >= 11 is 1.01. The Morgan fingerprint density at radius 2 is 1.76 bits per heavy atom. The zero-order chi connectivity index (χ0) is 40.6. The van der Waals surface area contributed by atoms with E-state index in [0.717, 1.165) is 34.6 Å². The SMILES string of the molecule is CC(C)=CC(=O)SCCNC(=O)CCNC(=O)[C@H](O)C(C)(C)COP(=O)([O-])OP(=O)([O-])OC[C@H]1O[C@@H](n2cnc3c(N)ncnc32)[C@H](O)[C@@H]1OP(=O)([O-])[O-]. The average Bonchev–Trinajstić information content (AvgIpc) is 3.60. The van der Waals surface area contributed by atoms with E-state index in [-0.39, 0.29) is 41.6 Å². The molecule has 2 aromatic heterocycles. The number of thioether (sulfide) groups is 1. The number of allylic oxidation sites excluding steroid dienone is 1. The van der Waals surface area contributed by atoms with Crippen LogP contribution in [0.2, 0.25) is 0 Å². The van der Waals surface area contributed by atoms with Gasteiger partial charge >= 0.3 is 0 Å². The van der Waals surface area contributed by atoms with Gasteiger partial charge in [-0.1, -0.05) is 31.2 Å². The van der Waals surface area contributed by atoms with Gasteiger partial charge in [-0.2, -0.15) is 0 Å². The average molecular weight is 846 g/mol. The van der Waals surface area contributed by atoms with Gasteiger partial charge in [-0.3, -0.25) is 28.1 Å². The van der Waals surface area contributed by atoms with Crippen molar-refractivity contribution in [1.82, 2.24) is 30.2 Å². The summed E-state index contributed by atoms with van der Waals surface area (Å²) in [5.41, 5.74) is 4.90. The molecule has 3 rings (SSSR count). The number of nitrogens with zero attached hydrogens (tertiary/aromatic N) is 4. The Bertz CT molecular complexity index is 1840. The number of phosphoric acid groups is 3. The minimum Gasteiger partial charge on any atom is -0.790 e. The van der Waals surface area contributed by atoms with E-state index in [2.05, 4.69) is 43.5 Å². The van der Waals surface area contributed by atoms with Crippen LogP contribution in [0.25, 0.3) is 11.2 Å². The summed E-state index contributed by atoms with van der Waals surface area (Å²) in [4.78, 5) is 95.4. The van der Waals surface area contributed by atoms with E-state index in [1.165, 1.54) is 19.9 Å². The lowest BCUT2D eigenvalue weighted by atomic mass is 9.87. The first-order valence-corrected chi connectivity index (χ1v) is 20.9. The van der Waals surface area contributed by atoms with Crippen molar-refractivity contribution in [2.45, 2.75) is 64.8 Å². The number of ether oxygens (including phenoxy) is 1. The van der Waals surface area contributed by atoms with Crippen LogP contribution < -0.4 is 35.9 Å². The van der Waals surface area contributed by atoms with E-state index in [1.54, 1.807) is 13.8 Å². The standard InChI is InChI=1S/C26H42N7O17P3S/c1-14(2)9-17(35)54-8-7-28-16(34)5-6-29-24(38)21(37)26(3,4)11-47-53(44,45)50-52(42,43)46-10-15-20(49-51(39,40)41)19(36)25(48-15)33-13-32-18-22(27)30-12-31-23(18)33/h9,12-13,15,19-21,25,36-37H,5-8,10-11H2,1-4H3,(H,28,34)(H,29,38)(H,42,43)(H,44,45)(H2,27,30,31)(H2,39,40,41)/p-4/t15-,19-,20-,21+,25-/m1/s1. The maximum Gasteiger partial charge on any atom is 0.274 e. The molecule has 0 aliphatic carbocycles. The molecule has 0 spiro atoms. The van der Waals surface area contributed by atoms with E-state index >= 15 is 0 Å². The Kier molecular flexibility index (Phi) is 16.0. The summed E-state index contributed by atoms with van der Waals surface area (Å²) in [7, 11) is -17.6. The number of phosphoric ester groups is 3. The van der Waals surface area contributed by atoms with Crippen molar-refractivity contribution in [3.63, 3.8) is 0 Å². The number of amides is 2. The van der Waals surface area contributed by atoms with Crippen molar-refractivity contribution in [2.24, 2.45) is 5.41 Å². The molecular weight excluding hydrogens is 807 g/mol. The number of fused-ring (bicyclic) bond motifs is 1. The lowest BCUT2D eigenvalue weighted by Gasteiger charge is -2.36. The van der Waals surface area contributed by atoms with Crippen LogP contribution in [0.1, 0.15) is 40.3 Å². The van der Waals surface area contributed by atoms with Crippen molar-refractivity contribution in [3.05, 3.63) is 24.3 Å². The molecule has 6 N–H and O–H groups in total. The minimum atomic E-state index is -5.91. The largest absolute Gasteiger partial charge is 0.790 e. The van der Waals surface area contributed by atoms with Crippen LogP contribution in [-0.2, 0) is 50.7 Å². The van der Waals surface area contributed by atoms with Gasteiger partial charge in [-0.15, -0.1) is 0 Å². The van der Waals surface area contributed by atoms with Gasteiger partial charge in [-0.25, -0.2) is 19.3 Å². The highest BCUT2D eigenvalue weighted by Crippen LogP contribution is 2.56. The number of carbonyl (C=O) groups excluding carboxylic acids is 3. The van der Waals surface area contributed by atoms with Gasteiger partial charge in [0.2, 0.25) is 16.9 Å². The molecule has 2 unspecified atom stereocenters. The number of hydrogen-bond acceptors (Lipinski definition) is 22. The molecule has 304 valence electrons. The second-order valence-corrected chi connectivity index (χ2v) is 17.5. The van der Waals surface area contributed by atoms with Gasteiger partial charge in [-0.05, 0) is 19.9 Å². The molecular formula is C26H38N7O17P3S-4. The third-order valence-electron chi connectivity index (χ3n) is 7.13. The normalized spacial score (nSPS) is 21.9. The van der Waals surface area contributed by atoms with Gasteiger partial charge < -0.3 is 69.0 Å². The number of aromatic nitrogens is 4. The first-order valence-electron chi connectivity index (χ1n) is 15.5. The van der Waals surface area contributed by atoms with Gasteiger partial charge in [0.1, 0.15) is 36.3 Å². The van der Waals surface area contributed by atoms with E-state index in [0.29, 0.717) is 5.75 Å². The van der Waals surface area contributed by atoms with E-state index < -0.39 is 84.6 Å². The zero-order valence-electron chi connectivity index (χ0n) is 29.0. The Morgan fingerprint density at radius 1 is 1.09 bits per heavy atom. The molecule has 1 saturated heterocycles. The highest BCUT2D eigenvalue weighted by molar-refractivity contribution is 8.14. The first kappa shape index (κ1) is 45.7. The Labute approximate surface area is 311 Å². The highest BCUT2D eigenvalue weighted by atomic mass is 32.2. The lowest BCUT2D eigenvalue weighted by molar-refractivity contribution is -0.347. The van der Waals surface area contributed by atoms with Crippen molar-refractivity contribution < 1.29 is 80.5 Å². The molecule has 28 heteroatoms. The highest BCUT2D eigenvalue weighted by Gasteiger charge is 2.47. The zero-order valence-corrected chi connectivity index (χ0v) is 32.5. The second kappa shape index (κ2) is 19.0. The summed E-state index contributed by atoms with van der Waals surface area (Å²) in [5, 5.41) is 26.0. The monoisotopic (exact) mass is 845 g/mol. The van der Waals surface area contributed by atoms with E-state index in [1.807, 2.05) is 0 Å². The molecule has 7 atom stereocenters. The molecule has 0 saturated carbocycles. The third-order valence-corrected chi connectivity index (χ3v) is 11.0. The number of aliphatic hydroxyl groups excluding tert-OH is 2. The molecule has 0 aromatic carbocycles. The van der Waals surface area contributed by atoms with Crippen molar-refractivity contribution >= 4 is 69.1 Å². The quantitative estimate of drug-likeness (QED) is 0.0507. The molecule has 24 nitrogen and oxygen atoms in total. The number of imidazole rings is 1. The molecule has 1 aliphatic heterocycles. The maximum absolute atomic E-state index is 12.5. The van der Waals surface area contributed by atoms with Crippen molar-refractivity contribution in [2.75, 3.05) is 37.8 Å². The van der Waals surface area contributed by atoms with Crippen LogP contribution >= 0.6 is 35.2 Å². The van der Waals surface area contributed by atoms with Gasteiger partial charge in [0, 0.05) is 30.7 Å². The molecule has 0 radical (unpaired) electrons. The predicted octanol–water partition coefficient (Wildman–Crippen LogP) is -2.90. The van der Waals surface area contributed by atoms with Crippen LogP contribution in [0.3, 0.4) is 0 Å². The number of anilines is 1. The number of rotatable bonds is 20. The maximum atomic E-state index is 12.5. The Morgan fingerprint density at radius 3 is 2.41 bits per heavy atom. The molecule has 1 aliphatic rings. The smallest absolute Gasteiger partial charge is 0.274 e. The topological polar surface area (TPSA) is 375 Å². The minimum absolute atomic E-state index is 0.0218. The molecule has 2 aromatic rings. The molecule has 1 fully saturated rings. The van der Waals surface area contributed by atoms with Gasteiger partial charge in [0.15, 0.2) is 17.7 Å². The second-order valence-electron chi connectivity index (χ2n) is 12.4. The summed E-state index contributed by atoms with van der Waals surface area (Å²) in [6, 6.07) is 0. The summed E-state index contributed by atoms with van der Waals surface area (Å²) in [5.74, 6) is -1.24. The third kappa shape index (κ3) is 13.8. The number of hydrogen-bond donors (Lipinski definition) is 5. The number of nitrogens with one attached hydrogen (secondary N) is 2. The van der Waals surface area contributed by atoms with Crippen LogP contribution in [0.4, 0.5) is 5.82 Å². The van der Waals surface area contributed by atoms with Crippen molar-refractivity contribution in [1.29, 1.82) is 0 Å². The fraction of sp³-hybridized carbons (Fsp3) is 0.615. The lowest BCUT2D eigenvalue weighted by Crippen LogP contribution is -2.46. The number of nitrogen functional groups attached to an aromatic ring is 1. The van der Waals surface area contributed by atoms with Crippen LogP contribution in [-0.4, -0.2) is 103 Å². The van der Waals surface area contributed by atoms with Crippen LogP contribution in [0, 0.1) is 5.41 Å². The fourth-order valence-electron chi connectivity index (χ4n) is 4.54. The Balaban J connectivity index is 1.51. The van der Waals surface area contributed by atoms with Crippen LogP contribution in [0.5, 0.6) is 0 Å². The summed E-state index contributed by atoms with van der Waals surface area (Å²) in [6.45, 7) is 3.62. The van der Waals surface area contributed by atoms with Gasteiger partial charge in [0.05, 0.1) is 27.4 Å². The first-order chi connectivity index (χ1) is 24.9. The molecule has 3 heterocycles. The number of carbonyl (C=O) groups is 3. The number of aliphatic hydroxyl groups is 2. The molecule has 2 amide bonds. The predicted molar refractivity (Wildman–Crippen MR) is 178 cm³/mol. The fourth-order valence-corrected chi connectivity index (χ4v) is 8.00. The van der Waals surface area contributed by atoms with E-state index in [9.17, 15) is 57.9 Å². The van der Waals surface area contributed by atoms with Crippen molar-refractivity contribution in [3.8, 4) is 0 Å². The number of nitrogens with two attached hydrogens (primary N) is 1. The Hall–Kier alpha value is -2.70.